The highest BCUT2D eigenvalue weighted by atomic mass is 16.4. The van der Waals surface area contributed by atoms with Crippen molar-refractivity contribution in [3.8, 4) is 0 Å². The number of rotatable bonds is 4. The predicted molar refractivity (Wildman–Crippen MR) is 98.7 cm³/mol. The monoisotopic (exact) mass is 358 g/mol. The first-order valence-electron chi connectivity index (χ1n) is 8.67. The highest BCUT2D eigenvalue weighted by Gasteiger charge is 2.43. The molecule has 1 N–H and O–H groups in total. The van der Waals surface area contributed by atoms with Crippen LogP contribution in [0.15, 0.2) is 36.5 Å². The van der Waals surface area contributed by atoms with E-state index in [2.05, 4.69) is 0 Å². The zero-order chi connectivity index (χ0) is 19.6. The lowest BCUT2D eigenvalue weighted by Gasteiger charge is -2.42. The van der Waals surface area contributed by atoms with E-state index in [4.69, 9.17) is 0 Å². The summed E-state index contributed by atoms with van der Waals surface area (Å²) in [6, 6.07) is 8.32. The van der Waals surface area contributed by atoms with Crippen LogP contribution in [0.25, 0.3) is 5.70 Å². The smallest absolute Gasteiger partial charge is 0.323 e. The molecule has 0 radical (unpaired) electrons. The van der Waals surface area contributed by atoms with E-state index in [1.807, 2.05) is 32.0 Å². The molecule has 1 aromatic carbocycles. The summed E-state index contributed by atoms with van der Waals surface area (Å²) >= 11 is 0. The van der Waals surface area contributed by atoms with E-state index in [0.717, 1.165) is 0 Å². The number of amides is 2. The molecule has 6 nitrogen and oxygen atoms in total. The van der Waals surface area contributed by atoms with Crippen LogP contribution in [0, 0.1) is 11.3 Å². The highest BCUT2D eigenvalue weighted by molar-refractivity contribution is 5.99. The van der Waals surface area contributed by atoms with Gasteiger partial charge in [-0.2, -0.15) is 0 Å². The van der Waals surface area contributed by atoms with Gasteiger partial charge in [-0.25, -0.2) is 0 Å². The van der Waals surface area contributed by atoms with Gasteiger partial charge in [0.15, 0.2) is 0 Å². The number of carbonyl (C=O) groups excluding carboxylic acids is 2. The van der Waals surface area contributed by atoms with Crippen LogP contribution in [-0.4, -0.2) is 45.3 Å². The number of carboxylic acid groups (broad SMARTS) is 1. The van der Waals surface area contributed by atoms with Crippen LogP contribution >= 0.6 is 0 Å². The molecular weight excluding hydrogens is 332 g/mol. The number of nitrogens with zero attached hydrogens (tertiary/aromatic N) is 2. The van der Waals surface area contributed by atoms with Gasteiger partial charge in [0.05, 0.1) is 5.70 Å². The lowest BCUT2D eigenvalue weighted by atomic mass is 9.90. The summed E-state index contributed by atoms with van der Waals surface area (Å²) in [6.45, 7) is 8.67. The van der Waals surface area contributed by atoms with Crippen molar-refractivity contribution >= 4 is 23.5 Å². The Labute approximate surface area is 154 Å². The Kier molecular flexibility index (Phi) is 5.54. The average Bonchev–Trinajstić information content (AvgIpc) is 2.54. The fraction of sp³-hybridized carbons (Fsp3) is 0.450. The summed E-state index contributed by atoms with van der Waals surface area (Å²) in [5.74, 6) is -1.80. The summed E-state index contributed by atoms with van der Waals surface area (Å²) in [4.78, 5) is 40.2. The van der Waals surface area contributed by atoms with Gasteiger partial charge in [-0.15, -0.1) is 0 Å². The van der Waals surface area contributed by atoms with Crippen LogP contribution < -0.4 is 0 Å². The minimum Gasteiger partial charge on any atom is -0.480 e. The number of carbonyl (C=O) groups is 3. The van der Waals surface area contributed by atoms with Crippen molar-refractivity contribution in [2.45, 2.75) is 40.7 Å². The van der Waals surface area contributed by atoms with E-state index >= 15 is 0 Å². The molecule has 0 saturated carbocycles. The summed E-state index contributed by atoms with van der Waals surface area (Å²) in [5, 5.41) is 9.28. The Morgan fingerprint density at radius 1 is 1.15 bits per heavy atom. The highest BCUT2D eigenvalue weighted by Crippen LogP contribution is 2.32. The van der Waals surface area contributed by atoms with Crippen LogP contribution in [0.1, 0.15) is 40.2 Å². The molecule has 140 valence electrons. The van der Waals surface area contributed by atoms with Crippen molar-refractivity contribution in [3.63, 3.8) is 0 Å². The first-order valence-corrected chi connectivity index (χ1v) is 8.67. The number of carboxylic acids is 1. The van der Waals surface area contributed by atoms with Crippen LogP contribution in [0.2, 0.25) is 0 Å². The van der Waals surface area contributed by atoms with E-state index in [1.165, 1.54) is 9.80 Å². The normalized spacial score (nSPS) is 18.2. The number of aliphatic carboxylic acids is 1. The third kappa shape index (κ3) is 3.95. The third-order valence-corrected chi connectivity index (χ3v) is 4.24. The predicted octanol–water partition coefficient (Wildman–Crippen LogP) is 2.81. The number of benzene rings is 1. The molecule has 0 bridgehead atoms. The van der Waals surface area contributed by atoms with E-state index in [1.54, 1.807) is 39.1 Å². The minimum atomic E-state index is -1.10. The first kappa shape index (κ1) is 19.7. The molecule has 26 heavy (non-hydrogen) atoms. The van der Waals surface area contributed by atoms with Gasteiger partial charge in [-0.3, -0.25) is 19.3 Å². The molecule has 0 unspecified atom stereocenters. The average molecular weight is 358 g/mol. The largest absolute Gasteiger partial charge is 0.480 e. The molecule has 1 aliphatic heterocycles. The SMILES string of the molecule is CC(C)[C@H]1C(=O)N(CC(=O)O)C(c2ccccc2)=CN1C(=O)C(C)(C)C. The maximum Gasteiger partial charge on any atom is 0.323 e. The third-order valence-electron chi connectivity index (χ3n) is 4.24. The van der Waals surface area contributed by atoms with Crippen LogP contribution in [0.5, 0.6) is 0 Å². The Bertz CT molecular complexity index is 732. The maximum atomic E-state index is 13.2. The fourth-order valence-corrected chi connectivity index (χ4v) is 3.00. The first-order chi connectivity index (χ1) is 12.0. The lowest BCUT2D eigenvalue weighted by Crippen LogP contribution is -2.57. The van der Waals surface area contributed by atoms with E-state index in [9.17, 15) is 19.5 Å². The molecule has 0 fully saturated rings. The Morgan fingerprint density at radius 3 is 2.19 bits per heavy atom. The van der Waals surface area contributed by atoms with Crippen LogP contribution in [0.4, 0.5) is 0 Å². The van der Waals surface area contributed by atoms with Crippen LogP contribution in [-0.2, 0) is 14.4 Å². The molecular formula is C20H26N2O4. The van der Waals surface area contributed by atoms with Gasteiger partial charge in [0.25, 0.3) is 5.91 Å². The second kappa shape index (κ2) is 7.32. The zero-order valence-corrected chi connectivity index (χ0v) is 15.9. The van der Waals surface area contributed by atoms with Gasteiger partial charge in [0.2, 0.25) is 5.91 Å². The summed E-state index contributed by atoms with van der Waals surface area (Å²) in [7, 11) is 0. The molecule has 0 aliphatic carbocycles. The zero-order valence-electron chi connectivity index (χ0n) is 15.9. The van der Waals surface area contributed by atoms with Crippen molar-refractivity contribution in [1.29, 1.82) is 0 Å². The fourth-order valence-electron chi connectivity index (χ4n) is 3.00. The molecule has 0 saturated heterocycles. The van der Waals surface area contributed by atoms with Gasteiger partial charge < -0.3 is 10.0 Å². The molecule has 2 rings (SSSR count). The van der Waals surface area contributed by atoms with E-state index in [-0.39, 0.29) is 17.7 Å². The van der Waals surface area contributed by atoms with Crippen molar-refractivity contribution in [2.24, 2.45) is 11.3 Å². The van der Waals surface area contributed by atoms with Gasteiger partial charge >= 0.3 is 5.97 Å². The van der Waals surface area contributed by atoms with E-state index in [0.29, 0.717) is 11.3 Å². The quantitative estimate of drug-likeness (QED) is 0.898. The molecule has 0 spiro atoms. The Hall–Kier alpha value is -2.63. The summed E-state index contributed by atoms with van der Waals surface area (Å²) in [6.07, 6.45) is 1.62. The van der Waals surface area contributed by atoms with Crippen LogP contribution in [0.3, 0.4) is 0 Å². The standard InChI is InChI=1S/C20H26N2O4/c1-13(2)17-18(25)21(12-16(23)24)15(14-9-7-6-8-10-14)11-22(17)19(26)20(3,4)5/h6-11,13,17H,12H2,1-5H3,(H,23,24)/t17-/m0/s1. The van der Waals surface area contributed by atoms with Gasteiger partial charge in [-0.05, 0) is 11.5 Å². The van der Waals surface area contributed by atoms with E-state index < -0.39 is 24.0 Å². The second-order valence-electron chi connectivity index (χ2n) is 7.85. The Balaban J connectivity index is 2.64. The van der Waals surface area contributed by atoms with Gasteiger partial charge in [0, 0.05) is 11.6 Å². The molecule has 0 aromatic heterocycles. The molecule has 1 atom stereocenters. The molecule has 6 heteroatoms. The number of hydrogen-bond acceptors (Lipinski definition) is 3. The van der Waals surface area contributed by atoms with Gasteiger partial charge in [0.1, 0.15) is 12.6 Å². The van der Waals surface area contributed by atoms with Crippen molar-refractivity contribution in [2.75, 3.05) is 6.54 Å². The summed E-state index contributed by atoms with van der Waals surface area (Å²) in [5.41, 5.74) is 0.448. The van der Waals surface area contributed by atoms with Crippen molar-refractivity contribution in [1.82, 2.24) is 9.80 Å². The topological polar surface area (TPSA) is 77.9 Å². The number of hydrogen-bond donors (Lipinski definition) is 1. The minimum absolute atomic E-state index is 0.154. The van der Waals surface area contributed by atoms with Gasteiger partial charge in [-0.1, -0.05) is 65.0 Å². The lowest BCUT2D eigenvalue weighted by molar-refractivity contribution is -0.151. The molecule has 1 aliphatic rings. The van der Waals surface area contributed by atoms with Crippen molar-refractivity contribution < 1.29 is 19.5 Å². The van der Waals surface area contributed by atoms with Crippen molar-refractivity contribution in [3.05, 3.63) is 42.1 Å². The Morgan fingerprint density at radius 2 is 1.73 bits per heavy atom. The summed E-state index contributed by atoms with van der Waals surface area (Å²) < 4.78 is 0. The molecule has 1 heterocycles. The molecule has 1 aromatic rings. The maximum absolute atomic E-state index is 13.2. The molecule has 2 amide bonds. The second-order valence-corrected chi connectivity index (χ2v) is 7.85.